The number of nitrogens with zero attached hydrogens (tertiary/aromatic N) is 5. The number of fused-ring (bicyclic) bond motifs is 3. The number of aromatic nitrogens is 5. The average molecular weight is 731 g/mol. The van der Waals surface area contributed by atoms with Crippen molar-refractivity contribution in [3.05, 3.63) is 36.4 Å². The number of carboxylic acid groups (broad SMARTS) is 1. The van der Waals surface area contributed by atoms with Crippen LogP contribution in [0, 0.1) is 62.1 Å². The molecule has 2 bridgehead atoms. The van der Waals surface area contributed by atoms with Gasteiger partial charge in [0.25, 0.3) is 0 Å². The fourth-order valence-corrected chi connectivity index (χ4v) is 12.7. The number of hydrogen-bond acceptors (Lipinski definition) is 8. The van der Waals surface area contributed by atoms with Crippen LogP contribution in [0.5, 0.6) is 0 Å². The van der Waals surface area contributed by atoms with Gasteiger partial charge in [-0.05, 0) is 96.8 Å². The summed E-state index contributed by atoms with van der Waals surface area (Å²) in [4.78, 5) is 18.4. The topological polar surface area (TPSA) is 138 Å². The zero-order valence-electron chi connectivity index (χ0n) is 34.3. The molecule has 10 nitrogen and oxygen atoms in total. The summed E-state index contributed by atoms with van der Waals surface area (Å²) in [5.74, 6) is 1.01. The summed E-state index contributed by atoms with van der Waals surface area (Å²) < 4.78 is 16.1. The lowest BCUT2D eigenvalue weighted by molar-refractivity contribution is -0.253. The Morgan fingerprint density at radius 2 is 1.81 bits per heavy atom. The number of carbonyl (C=O) groups is 1. The van der Waals surface area contributed by atoms with E-state index >= 15 is 0 Å². The molecule has 10 heteroatoms. The number of hydrogen-bond donors (Lipinski definition) is 2. The number of aliphatic carboxylic acids is 1. The Hall–Kier alpha value is -2.69. The van der Waals surface area contributed by atoms with Gasteiger partial charge in [0, 0.05) is 21.9 Å². The minimum absolute atomic E-state index is 0.143. The summed E-state index contributed by atoms with van der Waals surface area (Å²) in [5, 5.41) is 24.3. The number of rotatable bonds is 8. The quantitative estimate of drug-likeness (QED) is 0.259. The highest BCUT2D eigenvalue weighted by Gasteiger charge is 2.72. The minimum Gasteiger partial charge on any atom is -0.481 e. The molecule has 2 aromatic rings. The molecule has 0 amide bonds. The highest BCUT2D eigenvalue weighted by Crippen LogP contribution is 2.75. The summed E-state index contributed by atoms with van der Waals surface area (Å²) in [6.45, 7) is 26.5. The van der Waals surface area contributed by atoms with E-state index in [1.165, 1.54) is 5.57 Å². The first kappa shape index (κ1) is 38.6. The zero-order chi connectivity index (χ0) is 38.6. The van der Waals surface area contributed by atoms with Gasteiger partial charge in [-0.25, -0.2) is 9.67 Å². The average Bonchev–Trinajstić information content (AvgIpc) is 3.57. The Morgan fingerprint density at radius 1 is 1.08 bits per heavy atom. The smallest absolute Gasteiger partial charge is 0.307 e. The van der Waals surface area contributed by atoms with Crippen LogP contribution in [-0.2, 0) is 14.3 Å². The molecule has 2 aromatic heterocycles. The second-order valence-corrected chi connectivity index (χ2v) is 20.7. The van der Waals surface area contributed by atoms with Crippen LogP contribution < -0.4 is 5.73 Å². The molecule has 0 radical (unpaired) electrons. The van der Waals surface area contributed by atoms with Gasteiger partial charge in [0.05, 0.1) is 50.3 Å². The predicted octanol–water partition coefficient (Wildman–Crippen LogP) is 8.01. The molecule has 53 heavy (non-hydrogen) atoms. The van der Waals surface area contributed by atoms with Gasteiger partial charge in [-0.2, -0.15) is 15.3 Å². The maximum absolute atomic E-state index is 13.6. The second-order valence-electron chi connectivity index (χ2n) is 20.7. The fraction of sp³-hybridized carbons (Fsp3) is 0.791. The molecule has 3 heterocycles. The normalized spacial score (nSPS) is 41.4. The van der Waals surface area contributed by atoms with Crippen LogP contribution in [0.3, 0.4) is 0 Å². The lowest BCUT2D eigenvalue weighted by Crippen LogP contribution is -2.69. The molecule has 4 aliphatic carbocycles. The molecule has 1 saturated heterocycles. The third-order valence-electron chi connectivity index (χ3n) is 17.1. The van der Waals surface area contributed by atoms with Crippen LogP contribution in [0.1, 0.15) is 121 Å². The van der Waals surface area contributed by atoms with Gasteiger partial charge in [-0.15, -0.1) is 0 Å². The molecule has 0 unspecified atom stereocenters. The number of carboxylic acids is 1. The van der Waals surface area contributed by atoms with Gasteiger partial charge >= 0.3 is 5.97 Å². The maximum atomic E-state index is 13.6. The van der Waals surface area contributed by atoms with Gasteiger partial charge in [0.2, 0.25) is 0 Å². The van der Waals surface area contributed by atoms with Crippen molar-refractivity contribution in [3.63, 3.8) is 0 Å². The van der Waals surface area contributed by atoms with Crippen LogP contribution >= 0.6 is 0 Å². The molecule has 3 saturated carbocycles. The zero-order valence-corrected chi connectivity index (χ0v) is 34.3. The van der Waals surface area contributed by atoms with E-state index < -0.39 is 17.4 Å². The molecule has 7 rings (SSSR count). The molecule has 3 N–H and O–H groups in total. The Balaban J connectivity index is 1.35. The van der Waals surface area contributed by atoms with E-state index in [1.807, 2.05) is 6.07 Å². The van der Waals surface area contributed by atoms with Crippen molar-refractivity contribution >= 4 is 5.97 Å². The van der Waals surface area contributed by atoms with E-state index in [0.717, 1.165) is 49.9 Å². The van der Waals surface area contributed by atoms with E-state index in [9.17, 15) is 9.90 Å². The first-order valence-corrected chi connectivity index (χ1v) is 20.3. The van der Waals surface area contributed by atoms with Crippen LogP contribution in [0.4, 0.5) is 0 Å². The SMILES string of the molecule is CC(C)[C@@H](C)[C@@]1(C)CC[C@]2(C)[C@H]3CC[C@@H]4[C@@]5(COC[C@@]4(C)[C@@H](OC[C@](C)(N)C(C)(C)C)[C@H](n4ncnc4-c4ccnnc4)C5)C3=CC[C@@]2(C)[C@@H]1C(=O)O. The van der Waals surface area contributed by atoms with Gasteiger partial charge in [0.1, 0.15) is 6.33 Å². The summed E-state index contributed by atoms with van der Waals surface area (Å²) in [6.07, 6.45) is 13.0. The van der Waals surface area contributed by atoms with Crippen molar-refractivity contribution in [2.24, 2.45) is 67.8 Å². The number of allylic oxidation sites excluding steroid dienone is 1. The number of ether oxygens (including phenoxy) is 2. The monoisotopic (exact) mass is 731 g/mol. The molecule has 1 aliphatic heterocycles. The second kappa shape index (κ2) is 12.7. The van der Waals surface area contributed by atoms with Gasteiger partial charge in [0.15, 0.2) is 5.82 Å². The maximum Gasteiger partial charge on any atom is 0.307 e. The first-order chi connectivity index (χ1) is 24.7. The third-order valence-corrected chi connectivity index (χ3v) is 17.1. The molecular weight excluding hydrogens is 665 g/mol. The largest absolute Gasteiger partial charge is 0.481 e. The minimum atomic E-state index is -0.630. The van der Waals surface area contributed by atoms with E-state index in [1.54, 1.807) is 18.7 Å². The third kappa shape index (κ3) is 5.45. The molecule has 0 aromatic carbocycles. The predicted molar refractivity (Wildman–Crippen MR) is 205 cm³/mol. The van der Waals surface area contributed by atoms with Crippen molar-refractivity contribution in [2.45, 2.75) is 132 Å². The van der Waals surface area contributed by atoms with Crippen LogP contribution in [0.15, 0.2) is 36.4 Å². The fourth-order valence-electron chi connectivity index (χ4n) is 12.7. The first-order valence-electron chi connectivity index (χ1n) is 20.3. The summed E-state index contributed by atoms with van der Waals surface area (Å²) in [6, 6.07) is 1.79. The van der Waals surface area contributed by atoms with Crippen LogP contribution in [-0.4, -0.2) is 67.5 Å². The van der Waals surface area contributed by atoms with E-state index in [0.29, 0.717) is 37.6 Å². The van der Waals surface area contributed by atoms with E-state index in [-0.39, 0.29) is 50.6 Å². The summed E-state index contributed by atoms with van der Waals surface area (Å²) in [7, 11) is 0. The van der Waals surface area contributed by atoms with Crippen molar-refractivity contribution in [1.82, 2.24) is 25.0 Å². The van der Waals surface area contributed by atoms with Gasteiger partial charge in [-0.3, -0.25) is 4.79 Å². The molecule has 292 valence electrons. The highest BCUT2D eigenvalue weighted by atomic mass is 16.5. The molecule has 4 fully saturated rings. The Labute approximate surface area is 317 Å². The van der Waals surface area contributed by atoms with Gasteiger partial charge in [-0.1, -0.05) is 80.9 Å². The Morgan fingerprint density at radius 3 is 2.45 bits per heavy atom. The molecule has 12 atom stereocenters. The van der Waals surface area contributed by atoms with Crippen molar-refractivity contribution in [3.8, 4) is 11.4 Å². The van der Waals surface area contributed by atoms with Crippen LogP contribution in [0.2, 0.25) is 0 Å². The summed E-state index contributed by atoms with van der Waals surface area (Å²) >= 11 is 0. The van der Waals surface area contributed by atoms with E-state index in [4.69, 9.17) is 25.3 Å². The highest BCUT2D eigenvalue weighted by molar-refractivity contribution is 5.73. The van der Waals surface area contributed by atoms with Crippen molar-refractivity contribution < 1.29 is 19.4 Å². The Bertz CT molecular complexity index is 1730. The molecular formula is C43H66N6O4. The number of nitrogens with two attached hydrogens (primary N) is 1. The molecule has 5 aliphatic rings. The van der Waals surface area contributed by atoms with Crippen molar-refractivity contribution in [2.75, 3.05) is 19.8 Å². The lowest BCUT2D eigenvalue weighted by atomic mass is 9.34. The van der Waals surface area contributed by atoms with Crippen LogP contribution in [0.25, 0.3) is 11.4 Å². The standard InChI is InChI=1S/C43H66N6O4/c1-26(2)27(3)38(7)17-18-40(9)29-12-13-32-39(8)22-52-24-43(32,30(29)14-16-41(40,10)33(38)36(50)51)20-31(34(39)53-23-42(11,44)37(4,5)6)49-35(45-25-48-49)28-15-19-46-47-21-28/h14-15,19,21,25-27,29,31-34H,12-13,16-18,20,22-24,44H2,1-11H3,(H,50,51)/t27-,29+,31-,32+,33-,34+,38-,39-,40-,41+,42+,43+/m1/s1. The van der Waals surface area contributed by atoms with Gasteiger partial charge < -0.3 is 20.3 Å². The Kier molecular flexibility index (Phi) is 9.22. The lowest BCUT2D eigenvalue weighted by Gasteiger charge is -2.71. The summed E-state index contributed by atoms with van der Waals surface area (Å²) in [5.41, 5.74) is 7.23. The van der Waals surface area contributed by atoms with Crippen molar-refractivity contribution in [1.29, 1.82) is 0 Å². The molecule has 0 spiro atoms. The van der Waals surface area contributed by atoms with E-state index in [2.05, 4.69) is 97.1 Å².